The number of aryl methyl sites for hydroxylation is 1. The fourth-order valence-corrected chi connectivity index (χ4v) is 4.79. The van der Waals surface area contributed by atoms with Gasteiger partial charge in [-0.3, -0.25) is 9.10 Å². The quantitative estimate of drug-likeness (QED) is 0.334. The lowest BCUT2D eigenvalue weighted by molar-refractivity contribution is 0.0956. The maximum atomic E-state index is 12.4. The molecule has 0 heterocycles. The summed E-state index contributed by atoms with van der Waals surface area (Å²) in [5.41, 5.74) is 3.00. The molecule has 3 aromatic rings. The third kappa shape index (κ3) is 7.02. The van der Waals surface area contributed by atoms with Gasteiger partial charge >= 0.3 is 0 Å². The molecule has 0 fully saturated rings. The van der Waals surface area contributed by atoms with Crippen molar-refractivity contribution in [2.45, 2.75) is 18.4 Å². The van der Waals surface area contributed by atoms with Gasteiger partial charge in [-0.1, -0.05) is 41.4 Å². The molecule has 8 heteroatoms. The van der Waals surface area contributed by atoms with E-state index in [-0.39, 0.29) is 12.5 Å². The van der Waals surface area contributed by atoms with Crippen molar-refractivity contribution in [2.24, 2.45) is 0 Å². The molecule has 0 aliphatic carbocycles. The van der Waals surface area contributed by atoms with Crippen molar-refractivity contribution in [3.63, 3.8) is 0 Å². The maximum absolute atomic E-state index is 12.4. The van der Waals surface area contributed by atoms with Gasteiger partial charge in [0.05, 0.1) is 18.5 Å². The van der Waals surface area contributed by atoms with E-state index < -0.39 is 10.0 Å². The highest BCUT2D eigenvalue weighted by Crippen LogP contribution is 2.22. The number of sulfonamides is 1. The first-order valence-corrected chi connectivity index (χ1v) is 13.2. The average molecular weight is 489 g/mol. The fraction of sp³-hybridized carbons (Fsp3) is 0.208. The second-order valence-electron chi connectivity index (χ2n) is 7.36. The minimum absolute atomic E-state index is 0.178. The van der Waals surface area contributed by atoms with E-state index in [0.29, 0.717) is 22.8 Å². The molecule has 0 spiro atoms. The topological polar surface area (TPSA) is 66.5 Å². The Morgan fingerprint density at radius 3 is 2.19 bits per heavy atom. The van der Waals surface area contributed by atoms with E-state index in [1.165, 1.54) is 9.87 Å². The van der Waals surface area contributed by atoms with Gasteiger partial charge in [-0.2, -0.15) is 0 Å². The average Bonchev–Trinajstić information content (AvgIpc) is 2.77. The van der Waals surface area contributed by atoms with E-state index in [9.17, 15) is 13.2 Å². The van der Waals surface area contributed by atoms with Crippen LogP contribution in [0.1, 0.15) is 21.5 Å². The van der Waals surface area contributed by atoms with Crippen molar-refractivity contribution in [1.82, 2.24) is 5.32 Å². The Bertz CT molecular complexity index is 1150. The highest BCUT2D eigenvalue weighted by Gasteiger charge is 2.18. The number of nitrogens with zero attached hydrogens (tertiary/aromatic N) is 1. The molecule has 0 atom stereocenters. The van der Waals surface area contributed by atoms with Gasteiger partial charge in [0, 0.05) is 27.8 Å². The van der Waals surface area contributed by atoms with Gasteiger partial charge < -0.3 is 5.32 Å². The van der Waals surface area contributed by atoms with Crippen LogP contribution in [0.2, 0.25) is 5.02 Å². The summed E-state index contributed by atoms with van der Waals surface area (Å²) >= 11 is 7.59. The predicted molar refractivity (Wildman–Crippen MR) is 133 cm³/mol. The zero-order valence-corrected chi connectivity index (χ0v) is 20.3. The summed E-state index contributed by atoms with van der Waals surface area (Å²) in [4.78, 5) is 13.6. The number of amides is 1. The lowest BCUT2D eigenvalue weighted by atomic mass is 10.2. The van der Waals surface area contributed by atoms with Gasteiger partial charge in [0.1, 0.15) is 0 Å². The van der Waals surface area contributed by atoms with Gasteiger partial charge in [0.25, 0.3) is 5.91 Å². The number of thioether (sulfide) groups is 1. The first kappa shape index (κ1) is 24.2. The number of hydrogen-bond acceptors (Lipinski definition) is 4. The summed E-state index contributed by atoms with van der Waals surface area (Å²) in [6, 6.07) is 21.9. The Morgan fingerprint density at radius 2 is 1.59 bits per heavy atom. The highest BCUT2D eigenvalue weighted by molar-refractivity contribution is 7.99. The third-order valence-corrected chi connectivity index (χ3v) is 7.14. The molecule has 0 bridgehead atoms. The van der Waals surface area contributed by atoms with Crippen molar-refractivity contribution < 1.29 is 13.2 Å². The van der Waals surface area contributed by atoms with Crippen LogP contribution in [0.5, 0.6) is 0 Å². The molecule has 5 nitrogen and oxygen atoms in total. The number of halogens is 1. The zero-order valence-electron chi connectivity index (χ0n) is 17.9. The third-order valence-electron chi connectivity index (χ3n) is 4.73. The van der Waals surface area contributed by atoms with E-state index in [1.54, 1.807) is 60.3 Å². The van der Waals surface area contributed by atoms with Crippen molar-refractivity contribution in [2.75, 3.05) is 22.9 Å². The van der Waals surface area contributed by atoms with Crippen LogP contribution in [-0.4, -0.2) is 32.9 Å². The van der Waals surface area contributed by atoms with Gasteiger partial charge in [-0.15, -0.1) is 11.8 Å². The van der Waals surface area contributed by atoms with Gasteiger partial charge in [-0.05, 0) is 61.0 Å². The molecule has 0 saturated carbocycles. The summed E-state index contributed by atoms with van der Waals surface area (Å²) in [6.45, 7) is 2.76. The minimum Gasteiger partial charge on any atom is -0.351 e. The molecule has 0 saturated heterocycles. The molecule has 0 aromatic heterocycles. The largest absolute Gasteiger partial charge is 0.351 e. The summed E-state index contributed by atoms with van der Waals surface area (Å²) in [7, 11) is -3.51. The van der Waals surface area contributed by atoms with E-state index in [2.05, 4.69) is 29.6 Å². The molecule has 1 amide bonds. The number of anilines is 1. The first-order chi connectivity index (χ1) is 15.2. The normalized spacial score (nSPS) is 11.2. The molecule has 3 aromatic carbocycles. The molecular formula is C24H25ClN2O3S2. The number of carbonyl (C=O) groups is 1. The van der Waals surface area contributed by atoms with Crippen molar-refractivity contribution >= 4 is 45.0 Å². The Kier molecular flexibility index (Phi) is 8.23. The van der Waals surface area contributed by atoms with Crippen LogP contribution >= 0.6 is 23.4 Å². The minimum atomic E-state index is -3.51. The lowest BCUT2D eigenvalue weighted by Gasteiger charge is -2.22. The van der Waals surface area contributed by atoms with Gasteiger partial charge in [0.15, 0.2) is 0 Å². The second kappa shape index (κ2) is 10.9. The maximum Gasteiger partial charge on any atom is 0.251 e. The van der Waals surface area contributed by atoms with Gasteiger partial charge in [0.2, 0.25) is 10.0 Å². The Balaban J connectivity index is 1.59. The summed E-state index contributed by atoms with van der Waals surface area (Å²) in [6.07, 6.45) is 1.16. The molecule has 1 N–H and O–H groups in total. The molecule has 32 heavy (non-hydrogen) atoms. The van der Waals surface area contributed by atoms with Crippen LogP contribution < -0.4 is 9.62 Å². The van der Waals surface area contributed by atoms with Crippen LogP contribution in [0.25, 0.3) is 0 Å². The molecule has 168 valence electrons. The van der Waals surface area contributed by atoms with E-state index in [4.69, 9.17) is 11.6 Å². The second-order valence-corrected chi connectivity index (χ2v) is 10.9. The smallest absolute Gasteiger partial charge is 0.251 e. The number of nitrogens with one attached hydrogen (secondary N) is 1. The van der Waals surface area contributed by atoms with Gasteiger partial charge in [-0.25, -0.2) is 8.42 Å². The predicted octanol–water partition coefficient (Wildman–Crippen LogP) is 5.14. The fourth-order valence-electron chi connectivity index (χ4n) is 3.00. The van der Waals surface area contributed by atoms with Crippen LogP contribution in [0.15, 0.2) is 77.7 Å². The molecule has 0 aliphatic rings. The zero-order chi connectivity index (χ0) is 23.1. The lowest BCUT2D eigenvalue weighted by Crippen LogP contribution is -2.29. The number of rotatable bonds is 9. The standard InChI is InChI=1S/C24H25ClN2O3S2/c1-18-3-13-23(14-4-18)31-16-15-26-24(28)20-7-11-22(12-8-20)27(32(2,29)30)17-19-5-9-21(25)10-6-19/h3-14H,15-17H2,1-2H3,(H,26,28). The van der Waals surface area contributed by atoms with E-state index in [0.717, 1.165) is 22.5 Å². The van der Waals surface area contributed by atoms with Crippen molar-refractivity contribution in [3.8, 4) is 0 Å². The van der Waals surface area contributed by atoms with Crippen molar-refractivity contribution in [1.29, 1.82) is 0 Å². The highest BCUT2D eigenvalue weighted by atomic mass is 35.5. The summed E-state index contributed by atoms with van der Waals surface area (Å²) in [5.74, 6) is 0.570. The van der Waals surface area contributed by atoms with E-state index in [1.807, 2.05) is 6.92 Å². The monoisotopic (exact) mass is 488 g/mol. The molecule has 3 rings (SSSR count). The molecule has 0 unspecified atom stereocenters. The van der Waals surface area contributed by atoms with Crippen LogP contribution in [0, 0.1) is 6.92 Å². The summed E-state index contributed by atoms with van der Waals surface area (Å²) < 4.78 is 26.0. The molecule has 0 aliphatic heterocycles. The van der Waals surface area contributed by atoms with Crippen LogP contribution in [0.4, 0.5) is 5.69 Å². The van der Waals surface area contributed by atoms with Crippen molar-refractivity contribution in [3.05, 3.63) is 94.5 Å². The molecular weight excluding hydrogens is 464 g/mol. The SMILES string of the molecule is Cc1ccc(SCCNC(=O)c2ccc(N(Cc3ccc(Cl)cc3)S(C)(=O)=O)cc2)cc1. The van der Waals surface area contributed by atoms with Crippen LogP contribution in [-0.2, 0) is 16.6 Å². The Labute approximate surface area is 198 Å². The number of carbonyl (C=O) groups excluding carboxylic acids is 1. The summed E-state index contributed by atoms with van der Waals surface area (Å²) in [5, 5.41) is 3.49. The van der Waals surface area contributed by atoms with Crippen LogP contribution in [0.3, 0.4) is 0 Å². The Morgan fingerprint density at radius 1 is 0.969 bits per heavy atom. The number of benzene rings is 3. The molecule has 0 radical (unpaired) electrons. The van der Waals surface area contributed by atoms with E-state index >= 15 is 0 Å². The first-order valence-electron chi connectivity index (χ1n) is 10.0. The Hall–Kier alpha value is -2.48. The number of hydrogen-bond donors (Lipinski definition) is 1.